The molecule has 8 nitrogen and oxygen atoms in total. The van der Waals surface area contributed by atoms with Crippen molar-refractivity contribution in [3.8, 4) is 0 Å². The normalized spacial score (nSPS) is 11.7. The highest BCUT2D eigenvalue weighted by Crippen LogP contribution is 2.30. The summed E-state index contributed by atoms with van der Waals surface area (Å²) in [5.74, 6) is 1.03. The Hall–Kier alpha value is -2.40. The maximum Gasteiger partial charge on any atom is 0.256 e. The van der Waals surface area contributed by atoms with Gasteiger partial charge in [0.25, 0.3) is 5.91 Å². The van der Waals surface area contributed by atoms with Crippen LogP contribution >= 0.6 is 23.4 Å². The van der Waals surface area contributed by atoms with E-state index in [1.165, 1.54) is 34.3 Å². The van der Waals surface area contributed by atoms with Crippen molar-refractivity contribution in [2.24, 2.45) is 0 Å². The first-order valence-corrected chi connectivity index (χ1v) is 12.7. The molecule has 0 bridgehead atoms. The Morgan fingerprint density at radius 2 is 1.91 bits per heavy atom. The Bertz CT molecular complexity index is 1210. The monoisotopic (exact) mass is 494 g/mol. The fourth-order valence-electron chi connectivity index (χ4n) is 2.99. The van der Waals surface area contributed by atoms with Crippen LogP contribution in [0.5, 0.6) is 0 Å². The summed E-state index contributed by atoms with van der Waals surface area (Å²) in [6.45, 7) is 5.93. The quantitative estimate of drug-likeness (QED) is 0.433. The van der Waals surface area contributed by atoms with E-state index in [-0.39, 0.29) is 15.6 Å². The van der Waals surface area contributed by atoms with Crippen LogP contribution in [0.15, 0.2) is 56.8 Å². The molecule has 0 saturated carbocycles. The smallest absolute Gasteiger partial charge is 0.256 e. The molecule has 170 valence electrons. The molecule has 0 aliphatic heterocycles. The molecule has 11 heteroatoms. The first kappa shape index (κ1) is 24.2. The molecular formula is C21H23ClN4O4S2. The van der Waals surface area contributed by atoms with E-state index in [9.17, 15) is 13.2 Å². The number of hydrogen-bond acceptors (Lipinski definition) is 7. The average molecular weight is 495 g/mol. The van der Waals surface area contributed by atoms with Gasteiger partial charge in [0, 0.05) is 24.9 Å². The van der Waals surface area contributed by atoms with Crippen molar-refractivity contribution < 1.29 is 17.7 Å². The number of rotatable bonds is 9. The molecule has 3 aromatic rings. The number of amides is 1. The maximum absolute atomic E-state index is 13.0. The number of aromatic nitrogens is 2. The summed E-state index contributed by atoms with van der Waals surface area (Å²) < 4.78 is 32.0. The molecule has 0 radical (unpaired) electrons. The minimum atomic E-state index is -3.69. The molecule has 0 saturated heterocycles. The molecule has 2 aromatic carbocycles. The van der Waals surface area contributed by atoms with Crippen molar-refractivity contribution in [3.05, 3.63) is 64.8 Å². The van der Waals surface area contributed by atoms with Gasteiger partial charge in [-0.2, -0.15) is 9.29 Å². The van der Waals surface area contributed by atoms with Crippen molar-refractivity contribution in [2.45, 2.75) is 36.3 Å². The van der Waals surface area contributed by atoms with Gasteiger partial charge in [0.05, 0.1) is 26.9 Å². The van der Waals surface area contributed by atoms with Crippen LogP contribution in [0.4, 0.5) is 5.69 Å². The van der Waals surface area contributed by atoms with Crippen LogP contribution in [-0.2, 0) is 15.8 Å². The maximum atomic E-state index is 13.0. The Morgan fingerprint density at radius 3 is 2.56 bits per heavy atom. The molecule has 0 aliphatic rings. The lowest BCUT2D eigenvalue weighted by molar-refractivity contribution is 0.102. The van der Waals surface area contributed by atoms with E-state index in [0.717, 1.165) is 4.90 Å². The third-order valence-electron chi connectivity index (χ3n) is 4.59. The van der Waals surface area contributed by atoms with E-state index in [0.29, 0.717) is 36.1 Å². The summed E-state index contributed by atoms with van der Waals surface area (Å²) in [6, 6.07) is 11.4. The second-order valence-corrected chi connectivity index (χ2v) is 10.1. The highest BCUT2D eigenvalue weighted by Gasteiger charge is 2.23. The highest BCUT2D eigenvalue weighted by atomic mass is 35.5. The number of sulfonamides is 1. The lowest BCUT2D eigenvalue weighted by atomic mass is 10.2. The Balaban J connectivity index is 1.83. The molecule has 1 N–H and O–H groups in total. The first-order chi connectivity index (χ1) is 15.3. The van der Waals surface area contributed by atoms with Crippen molar-refractivity contribution in [1.29, 1.82) is 0 Å². The zero-order valence-electron chi connectivity index (χ0n) is 17.8. The number of nitrogens with zero attached hydrogens (tertiary/aromatic N) is 3. The average Bonchev–Trinajstić information content (AvgIpc) is 3.19. The number of nitrogens with one attached hydrogen (secondary N) is 1. The van der Waals surface area contributed by atoms with E-state index < -0.39 is 15.9 Å². The third kappa shape index (κ3) is 5.50. The Kier molecular flexibility index (Phi) is 7.94. The predicted molar refractivity (Wildman–Crippen MR) is 125 cm³/mol. The van der Waals surface area contributed by atoms with Gasteiger partial charge < -0.3 is 9.84 Å². The lowest BCUT2D eigenvalue weighted by Gasteiger charge is -2.19. The number of carbonyl (C=O) groups excluding carboxylic acids is 1. The second kappa shape index (κ2) is 10.5. The summed E-state index contributed by atoms with van der Waals surface area (Å²) in [7, 11) is -3.69. The number of hydrogen-bond donors (Lipinski definition) is 1. The molecule has 1 heterocycles. The van der Waals surface area contributed by atoms with Crippen LogP contribution in [0.2, 0.25) is 5.02 Å². The SMILES string of the molecule is CCN(CC)S(=O)(=O)c1ccc(Cl)c(NC(=O)c2ccccc2SCc2noc(C)n2)c1. The molecule has 1 aromatic heterocycles. The fourth-order valence-corrected chi connectivity index (χ4v) is 5.53. The predicted octanol–water partition coefficient (Wildman–Crippen LogP) is 4.61. The molecule has 0 atom stereocenters. The summed E-state index contributed by atoms with van der Waals surface area (Å²) in [5, 5.41) is 6.84. The Labute approximate surface area is 196 Å². The van der Waals surface area contributed by atoms with Gasteiger partial charge in [0.1, 0.15) is 0 Å². The molecule has 32 heavy (non-hydrogen) atoms. The van der Waals surface area contributed by atoms with Crippen molar-refractivity contribution >= 4 is 45.0 Å². The lowest BCUT2D eigenvalue weighted by Crippen LogP contribution is -2.30. The zero-order valence-corrected chi connectivity index (χ0v) is 20.2. The number of halogens is 1. The molecule has 0 fully saturated rings. The van der Waals surface area contributed by atoms with Crippen LogP contribution in [-0.4, -0.2) is 41.9 Å². The standard InChI is InChI=1S/C21H23ClN4O4S2/c1-4-26(5-2)32(28,29)15-10-11-17(22)18(12-15)24-21(27)16-8-6-7-9-19(16)31-13-20-23-14(3)30-25-20/h6-12H,4-5,13H2,1-3H3,(H,24,27). The minimum absolute atomic E-state index is 0.0658. The second-order valence-electron chi connectivity index (χ2n) is 6.70. The highest BCUT2D eigenvalue weighted by molar-refractivity contribution is 7.98. The molecular weight excluding hydrogens is 472 g/mol. The van der Waals surface area contributed by atoms with Crippen molar-refractivity contribution in [3.63, 3.8) is 0 Å². The molecule has 0 spiro atoms. The summed E-state index contributed by atoms with van der Waals surface area (Å²) in [6.07, 6.45) is 0. The van der Waals surface area contributed by atoms with Gasteiger partial charge in [0.2, 0.25) is 15.9 Å². The van der Waals surface area contributed by atoms with Gasteiger partial charge in [-0.15, -0.1) is 11.8 Å². The van der Waals surface area contributed by atoms with Crippen LogP contribution in [0, 0.1) is 6.92 Å². The van der Waals surface area contributed by atoms with Gasteiger partial charge in [0.15, 0.2) is 5.82 Å². The van der Waals surface area contributed by atoms with E-state index >= 15 is 0 Å². The topological polar surface area (TPSA) is 105 Å². The number of aryl methyl sites for hydroxylation is 1. The minimum Gasteiger partial charge on any atom is -0.340 e. The van der Waals surface area contributed by atoms with E-state index in [2.05, 4.69) is 15.5 Å². The van der Waals surface area contributed by atoms with Crippen LogP contribution in [0.3, 0.4) is 0 Å². The van der Waals surface area contributed by atoms with Crippen LogP contribution in [0.25, 0.3) is 0 Å². The van der Waals surface area contributed by atoms with Crippen molar-refractivity contribution in [1.82, 2.24) is 14.4 Å². The van der Waals surface area contributed by atoms with Gasteiger partial charge >= 0.3 is 0 Å². The van der Waals surface area contributed by atoms with Gasteiger partial charge in [-0.05, 0) is 30.3 Å². The van der Waals surface area contributed by atoms with Crippen LogP contribution < -0.4 is 5.32 Å². The van der Waals surface area contributed by atoms with E-state index in [4.69, 9.17) is 16.1 Å². The molecule has 0 unspecified atom stereocenters. The summed E-state index contributed by atoms with van der Waals surface area (Å²) >= 11 is 7.65. The number of anilines is 1. The molecule has 3 rings (SSSR count). The van der Waals surface area contributed by atoms with Gasteiger partial charge in [-0.3, -0.25) is 4.79 Å². The Morgan fingerprint density at radius 1 is 1.19 bits per heavy atom. The van der Waals surface area contributed by atoms with Gasteiger partial charge in [-0.25, -0.2) is 8.42 Å². The van der Waals surface area contributed by atoms with Gasteiger partial charge in [-0.1, -0.05) is 42.7 Å². The zero-order chi connectivity index (χ0) is 23.3. The number of thioether (sulfide) groups is 1. The third-order valence-corrected chi connectivity index (χ3v) is 8.03. The molecule has 0 aliphatic carbocycles. The number of carbonyl (C=O) groups is 1. The fraction of sp³-hybridized carbons (Fsp3) is 0.286. The molecule has 1 amide bonds. The summed E-state index contributed by atoms with van der Waals surface area (Å²) in [5.41, 5.74) is 0.643. The van der Waals surface area contributed by atoms with Crippen LogP contribution in [0.1, 0.15) is 35.9 Å². The first-order valence-electron chi connectivity index (χ1n) is 9.88. The van der Waals surface area contributed by atoms with E-state index in [1.807, 2.05) is 12.1 Å². The number of benzene rings is 2. The van der Waals surface area contributed by atoms with E-state index in [1.54, 1.807) is 32.9 Å². The van der Waals surface area contributed by atoms with Crippen molar-refractivity contribution in [2.75, 3.05) is 18.4 Å². The summed E-state index contributed by atoms with van der Waals surface area (Å²) in [4.78, 5) is 18.0. The largest absolute Gasteiger partial charge is 0.340 e.